The van der Waals surface area contributed by atoms with E-state index in [1.54, 1.807) is 29.5 Å². The molecular formula is C13H16N2O2S2. The van der Waals surface area contributed by atoms with Crippen LogP contribution < -0.4 is 10.5 Å². The maximum Gasteiger partial charge on any atom is 0.240 e. The van der Waals surface area contributed by atoms with Gasteiger partial charge in [-0.05, 0) is 35.6 Å². The van der Waals surface area contributed by atoms with E-state index in [1.807, 2.05) is 23.6 Å². The summed E-state index contributed by atoms with van der Waals surface area (Å²) in [6.45, 7) is 0.730. The summed E-state index contributed by atoms with van der Waals surface area (Å²) in [6.07, 6.45) is 0.702. The highest BCUT2D eigenvalue weighted by atomic mass is 32.2. The third kappa shape index (κ3) is 3.87. The lowest BCUT2D eigenvalue weighted by molar-refractivity contribution is 0.581. The second kappa shape index (κ2) is 6.29. The van der Waals surface area contributed by atoms with Crippen molar-refractivity contribution >= 4 is 21.4 Å². The fourth-order valence-electron chi connectivity index (χ4n) is 1.69. The molecule has 2 rings (SSSR count). The van der Waals surface area contributed by atoms with Crippen LogP contribution in [0.25, 0.3) is 0 Å². The summed E-state index contributed by atoms with van der Waals surface area (Å²) in [6, 6.07) is 10.6. The monoisotopic (exact) mass is 296 g/mol. The van der Waals surface area contributed by atoms with Gasteiger partial charge in [-0.3, -0.25) is 0 Å². The number of nitrogens with one attached hydrogen (secondary N) is 1. The summed E-state index contributed by atoms with van der Waals surface area (Å²) < 4.78 is 26.8. The molecule has 0 saturated carbocycles. The Bertz CT molecular complexity index is 622. The number of hydrogen-bond donors (Lipinski definition) is 2. The molecule has 0 unspecified atom stereocenters. The molecule has 0 spiro atoms. The first-order chi connectivity index (χ1) is 9.12. The minimum atomic E-state index is -3.45. The predicted molar refractivity (Wildman–Crippen MR) is 77.5 cm³/mol. The van der Waals surface area contributed by atoms with Crippen LogP contribution in [0.2, 0.25) is 0 Å². The van der Waals surface area contributed by atoms with Gasteiger partial charge in [0.05, 0.1) is 4.90 Å². The largest absolute Gasteiger partial charge is 0.326 e. The number of benzene rings is 1. The van der Waals surface area contributed by atoms with Crippen LogP contribution in [0, 0.1) is 0 Å². The number of sulfonamides is 1. The molecule has 1 heterocycles. The van der Waals surface area contributed by atoms with Gasteiger partial charge in [0.15, 0.2) is 0 Å². The lowest BCUT2D eigenvalue weighted by Crippen LogP contribution is -2.26. The molecular weight excluding hydrogens is 280 g/mol. The van der Waals surface area contributed by atoms with Crippen LogP contribution >= 0.6 is 11.3 Å². The van der Waals surface area contributed by atoms with Crippen molar-refractivity contribution in [3.63, 3.8) is 0 Å². The molecule has 4 nitrogen and oxygen atoms in total. The number of thiophene rings is 1. The molecule has 0 aliphatic carbocycles. The Morgan fingerprint density at radius 3 is 2.74 bits per heavy atom. The Kier molecular flexibility index (Phi) is 4.71. The van der Waals surface area contributed by atoms with Gasteiger partial charge in [-0.2, -0.15) is 0 Å². The lowest BCUT2D eigenvalue weighted by atomic mass is 10.2. The van der Waals surface area contributed by atoms with E-state index in [9.17, 15) is 8.42 Å². The Morgan fingerprint density at radius 1 is 1.21 bits per heavy atom. The Hall–Kier alpha value is -1.21. The quantitative estimate of drug-likeness (QED) is 0.852. The van der Waals surface area contributed by atoms with Crippen LogP contribution in [0.5, 0.6) is 0 Å². The van der Waals surface area contributed by atoms with Crippen LogP contribution in [-0.2, 0) is 23.0 Å². The molecule has 3 N–H and O–H groups in total. The highest BCUT2D eigenvalue weighted by Gasteiger charge is 2.13. The molecule has 19 heavy (non-hydrogen) atoms. The van der Waals surface area contributed by atoms with Crippen molar-refractivity contribution in [1.82, 2.24) is 4.72 Å². The van der Waals surface area contributed by atoms with E-state index in [1.165, 1.54) is 4.88 Å². The van der Waals surface area contributed by atoms with Crippen LogP contribution in [0.15, 0.2) is 46.7 Å². The zero-order valence-electron chi connectivity index (χ0n) is 10.4. The predicted octanol–water partition coefficient (Wildman–Crippen LogP) is 1.73. The Balaban J connectivity index is 2.01. The van der Waals surface area contributed by atoms with E-state index in [0.717, 1.165) is 5.56 Å². The molecule has 0 atom stereocenters. The molecule has 102 valence electrons. The Morgan fingerprint density at radius 2 is 2.05 bits per heavy atom. The molecule has 2 aromatic rings. The highest BCUT2D eigenvalue weighted by Crippen LogP contribution is 2.12. The first-order valence-corrected chi connectivity index (χ1v) is 8.29. The molecule has 6 heteroatoms. The van der Waals surface area contributed by atoms with Crippen LogP contribution in [0.4, 0.5) is 0 Å². The molecule has 1 aromatic carbocycles. The summed E-state index contributed by atoms with van der Waals surface area (Å²) in [5.41, 5.74) is 6.32. The molecule has 0 aliphatic heterocycles. The summed E-state index contributed by atoms with van der Waals surface area (Å²) in [5, 5.41) is 1.98. The number of rotatable bonds is 6. The molecule has 0 saturated heterocycles. The zero-order valence-corrected chi connectivity index (χ0v) is 12.0. The second-order valence-corrected chi connectivity index (χ2v) is 6.88. The third-order valence-electron chi connectivity index (χ3n) is 2.69. The summed E-state index contributed by atoms with van der Waals surface area (Å²) in [7, 11) is -3.45. The zero-order chi connectivity index (χ0) is 13.7. The maximum atomic E-state index is 12.1. The Labute approximate surface area is 117 Å². The fourth-order valence-corrected chi connectivity index (χ4v) is 3.50. The van der Waals surface area contributed by atoms with Gasteiger partial charge in [-0.1, -0.05) is 18.2 Å². The van der Waals surface area contributed by atoms with Gasteiger partial charge < -0.3 is 5.73 Å². The lowest BCUT2D eigenvalue weighted by Gasteiger charge is -2.07. The van der Waals surface area contributed by atoms with Gasteiger partial charge in [0.1, 0.15) is 0 Å². The molecule has 0 bridgehead atoms. The van der Waals surface area contributed by atoms with E-state index in [2.05, 4.69) is 4.72 Å². The summed E-state index contributed by atoms with van der Waals surface area (Å²) in [4.78, 5) is 1.43. The molecule has 0 aliphatic rings. The smallest absolute Gasteiger partial charge is 0.240 e. The second-order valence-electron chi connectivity index (χ2n) is 4.08. The summed E-state index contributed by atoms with van der Waals surface area (Å²) >= 11 is 1.62. The molecule has 0 amide bonds. The third-order valence-corrected chi connectivity index (χ3v) is 5.08. The van der Waals surface area contributed by atoms with Gasteiger partial charge in [-0.15, -0.1) is 11.3 Å². The first kappa shape index (κ1) is 14.2. The van der Waals surface area contributed by atoms with Crippen molar-refractivity contribution in [3.05, 3.63) is 52.2 Å². The van der Waals surface area contributed by atoms with E-state index < -0.39 is 10.0 Å². The normalized spacial score (nSPS) is 11.6. The van der Waals surface area contributed by atoms with Crippen LogP contribution in [-0.4, -0.2) is 15.0 Å². The van der Waals surface area contributed by atoms with Crippen molar-refractivity contribution in [3.8, 4) is 0 Å². The molecule has 0 fully saturated rings. The van der Waals surface area contributed by atoms with Crippen molar-refractivity contribution in [2.75, 3.05) is 6.54 Å². The number of hydrogen-bond acceptors (Lipinski definition) is 4. The van der Waals surface area contributed by atoms with Crippen molar-refractivity contribution in [2.24, 2.45) is 5.73 Å². The maximum absolute atomic E-state index is 12.1. The minimum Gasteiger partial charge on any atom is -0.326 e. The highest BCUT2D eigenvalue weighted by molar-refractivity contribution is 7.89. The van der Waals surface area contributed by atoms with Gasteiger partial charge >= 0.3 is 0 Å². The van der Waals surface area contributed by atoms with Gasteiger partial charge in [0.2, 0.25) is 10.0 Å². The van der Waals surface area contributed by atoms with E-state index in [-0.39, 0.29) is 4.90 Å². The van der Waals surface area contributed by atoms with Gasteiger partial charge in [0, 0.05) is 18.0 Å². The average molecular weight is 296 g/mol. The van der Waals surface area contributed by atoms with Crippen LogP contribution in [0.3, 0.4) is 0 Å². The molecule has 1 aromatic heterocycles. The average Bonchev–Trinajstić information content (AvgIpc) is 2.92. The van der Waals surface area contributed by atoms with Crippen molar-refractivity contribution in [1.29, 1.82) is 0 Å². The van der Waals surface area contributed by atoms with E-state index in [4.69, 9.17) is 5.73 Å². The van der Waals surface area contributed by atoms with Gasteiger partial charge in [0.25, 0.3) is 0 Å². The standard InChI is InChI=1S/C13H16N2O2S2/c14-10-11-3-1-5-13(9-11)19(16,17)15-7-6-12-4-2-8-18-12/h1-5,8-9,15H,6-7,10,14H2. The molecule has 0 radical (unpaired) electrons. The summed E-state index contributed by atoms with van der Waals surface area (Å²) in [5.74, 6) is 0. The first-order valence-electron chi connectivity index (χ1n) is 5.93. The number of nitrogens with two attached hydrogens (primary N) is 1. The van der Waals surface area contributed by atoms with Crippen molar-refractivity contribution < 1.29 is 8.42 Å². The van der Waals surface area contributed by atoms with E-state index >= 15 is 0 Å². The van der Waals surface area contributed by atoms with Crippen LogP contribution in [0.1, 0.15) is 10.4 Å². The minimum absolute atomic E-state index is 0.265. The topological polar surface area (TPSA) is 72.2 Å². The van der Waals surface area contributed by atoms with Gasteiger partial charge in [-0.25, -0.2) is 13.1 Å². The SMILES string of the molecule is NCc1cccc(S(=O)(=O)NCCc2cccs2)c1. The van der Waals surface area contributed by atoms with Crippen molar-refractivity contribution in [2.45, 2.75) is 17.9 Å². The fraction of sp³-hybridized carbons (Fsp3) is 0.231. The van der Waals surface area contributed by atoms with E-state index in [0.29, 0.717) is 19.5 Å².